The van der Waals surface area contributed by atoms with Crippen LogP contribution in [0.3, 0.4) is 0 Å². The maximum Gasteiger partial charge on any atom is 0.234 e. The van der Waals surface area contributed by atoms with Crippen LogP contribution in [0.5, 0.6) is 0 Å². The van der Waals surface area contributed by atoms with E-state index in [1.807, 2.05) is 18.2 Å². The minimum atomic E-state index is 0.0952. The van der Waals surface area contributed by atoms with E-state index >= 15 is 0 Å². The summed E-state index contributed by atoms with van der Waals surface area (Å²) in [5, 5.41) is 3.03. The highest BCUT2D eigenvalue weighted by Gasteiger charge is 2.24. The summed E-state index contributed by atoms with van der Waals surface area (Å²) in [5.41, 5.74) is 4.51. The molecular formula is C22H26N4O. The smallest absolute Gasteiger partial charge is 0.234 e. The second kappa shape index (κ2) is 7.92. The van der Waals surface area contributed by atoms with E-state index in [1.165, 1.54) is 5.56 Å². The summed E-state index contributed by atoms with van der Waals surface area (Å²) in [6, 6.07) is 16.4. The zero-order valence-corrected chi connectivity index (χ0v) is 15.7. The van der Waals surface area contributed by atoms with Crippen molar-refractivity contribution < 1.29 is 4.79 Å². The Labute approximate surface area is 159 Å². The van der Waals surface area contributed by atoms with Gasteiger partial charge < -0.3 is 10.3 Å². The van der Waals surface area contributed by atoms with E-state index in [0.29, 0.717) is 19.0 Å². The number of carbonyl (C=O) groups excluding carboxylic acids is 1. The molecule has 0 bridgehead atoms. The molecule has 0 unspecified atom stereocenters. The largest absolute Gasteiger partial charge is 0.351 e. The van der Waals surface area contributed by atoms with Gasteiger partial charge in [0.1, 0.15) is 5.82 Å². The van der Waals surface area contributed by atoms with Crippen LogP contribution in [0.25, 0.3) is 11.0 Å². The van der Waals surface area contributed by atoms with Crippen molar-refractivity contribution in [1.82, 2.24) is 20.2 Å². The quantitative estimate of drug-likeness (QED) is 0.732. The van der Waals surface area contributed by atoms with Crippen molar-refractivity contribution in [2.75, 3.05) is 19.6 Å². The van der Waals surface area contributed by atoms with Gasteiger partial charge in [-0.05, 0) is 50.6 Å². The van der Waals surface area contributed by atoms with Crippen LogP contribution in [0.15, 0.2) is 48.5 Å². The predicted molar refractivity (Wildman–Crippen MR) is 108 cm³/mol. The molecule has 27 heavy (non-hydrogen) atoms. The number of likely N-dealkylation sites (tertiary alicyclic amines) is 1. The minimum Gasteiger partial charge on any atom is -0.351 e. The number of aromatic nitrogens is 2. The molecule has 0 atom stereocenters. The zero-order chi connectivity index (χ0) is 18.6. The number of nitrogens with zero attached hydrogens (tertiary/aromatic N) is 2. The van der Waals surface area contributed by atoms with Crippen LogP contribution in [-0.4, -0.2) is 40.4 Å². The number of piperidine rings is 1. The highest BCUT2D eigenvalue weighted by atomic mass is 16.2. The molecule has 0 spiro atoms. The first-order valence-electron chi connectivity index (χ1n) is 9.66. The zero-order valence-electron chi connectivity index (χ0n) is 15.7. The lowest BCUT2D eigenvalue weighted by Crippen LogP contribution is -2.41. The van der Waals surface area contributed by atoms with E-state index in [4.69, 9.17) is 4.98 Å². The fourth-order valence-corrected chi connectivity index (χ4v) is 3.70. The first-order valence-corrected chi connectivity index (χ1v) is 9.66. The number of H-pyrrole nitrogens is 1. The topological polar surface area (TPSA) is 61.0 Å². The fraction of sp³-hybridized carbons (Fsp3) is 0.364. The van der Waals surface area contributed by atoms with Crippen LogP contribution in [0.4, 0.5) is 0 Å². The number of para-hydroxylation sites is 2. The molecule has 1 saturated heterocycles. The third-order valence-corrected chi connectivity index (χ3v) is 5.36. The normalized spacial score (nSPS) is 15.9. The molecule has 5 heteroatoms. The Morgan fingerprint density at radius 1 is 1.15 bits per heavy atom. The van der Waals surface area contributed by atoms with Crippen LogP contribution in [-0.2, 0) is 11.3 Å². The molecule has 0 saturated carbocycles. The molecule has 140 valence electrons. The lowest BCUT2D eigenvalue weighted by Gasteiger charge is -2.30. The third kappa shape index (κ3) is 4.37. The van der Waals surface area contributed by atoms with Crippen molar-refractivity contribution in [2.24, 2.45) is 0 Å². The van der Waals surface area contributed by atoms with Crippen LogP contribution >= 0.6 is 0 Å². The van der Waals surface area contributed by atoms with E-state index < -0.39 is 0 Å². The first-order chi connectivity index (χ1) is 13.2. The number of aromatic amines is 1. The Balaban J connectivity index is 1.25. The molecule has 3 aromatic rings. The summed E-state index contributed by atoms with van der Waals surface area (Å²) in [7, 11) is 0. The first kappa shape index (κ1) is 17.7. The number of rotatable bonds is 5. The van der Waals surface area contributed by atoms with Gasteiger partial charge >= 0.3 is 0 Å². The Morgan fingerprint density at radius 3 is 2.63 bits per heavy atom. The molecule has 1 aliphatic rings. The van der Waals surface area contributed by atoms with Gasteiger partial charge in [-0.25, -0.2) is 4.98 Å². The standard InChI is InChI=1S/C22H26N4O/c1-16-6-8-17(9-7-16)14-23-21(27)15-26-12-10-18(11-13-26)22-24-19-4-2-3-5-20(19)25-22/h2-9,18H,10-15H2,1H3,(H,23,27)(H,24,25). The van der Waals surface area contributed by atoms with Crippen LogP contribution in [0.2, 0.25) is 0 Å². The number of imidazole rings is 1. The van der Waals surface area contributed by atoms with Gasteiger partial charge in [-0.15, -0.1) is 0 Å². The third-order valence-electron chi connectivity index (χ3n) is 5.36. The molecule has 0 radical (unpaired) electrons. The summed E-state index contributed by atoms with van der Waals surface area (Å²) in [6.45, 7) is 4.99. The number of fused-ring (bicyclic) bond motifs is 1. The Kier molecular flexibility index (Phi) is 5.21. The molecule has 0 aliphatic carbocycles. The predicted octanol–water partition coefficient (Wildman–Crippen LogP) is 3.37. The van der Waals surface area contributed by atoms with Gasteiger partial charge in [-0.3, -0.25) is 9.69 Å². The number of hydrogen-bond donors (Lipinski definition) is 2. The van der Waals surface area contributed by atoms with Crippen molar-refractivity contribution in [1.29, 1.82) is 0 Å². The van der Waals surface area contributed by atoms with Crippen molar-refractivity contribution in [3.8, 4) is 0 Å². The van der Waals surface area contributed by atoms with Crippen LogP contribution < -0.4 is 5.32 Å². The number of amides is 1. The molecule has 2 heterocycles. The summed E-state index contributed by atoms with van der Waals surface area (Å²) in [6.07, 6.45) is 2.07. The molecule has 4 rings (SSSR count). The average Bonchev–Trinajstić information content (AvgIpc) is 3.12. The lowest BCUT2D eigenvalue weighted by atomic mass is 9.96. The molecular weight excluding hydrogens is 336 g/mol. The maximum absolute atomic E-state index is 12.2. The van der Waals surface area contributed by atoms with Crippen molar-refractivity contribution in [3.05, 3.63) is 65.5 Å². The molecule has 2 N–H and O–H groups in total. The number of aryl methyl sites for hydroxylation is 1. The van der Waals surface area contributed by atoms with Crippen molar-refractivity contribution >= 4 is 16.9 Å². The number of benzene rings is 2. The van der Waals surface area contributed by atoms with E-state index in [0.717, 1.165) is 48.4 Å². The van der Waals surface area contributed by atoms with Gasteiger partial charge in [-0.1, -0.05) is 42.0 Å². The Morgan fingerprint density at radius 2 is 1.89 bits per heavy atom. The monoisotopic (exact) mass is 362 g/mol. The van der Waals surface area contributed by atoms with Crippen molar-refractivity contribution in [3.63, 3.8) is 0 Å². The molecule has 5 nitrogen and oxygen atoms in total. The summed E-state index contributed by atoms with van der Waals surface area (Å²) in [5.74, 6) is 1.63. The van der Waals surface area contributed by atoms with E-state index in [9.17, 15) is 4.79 Å². The Bertz CT molecular complexity index is 874. The average molecular weight is 362 g/mol. The fourth-order valence-electron chi connectivity index (χ4n) is 3.70. The number of carbonyl (C=O) groups is 1. The van der Waals surface area contributed by atoms with E-state index in [2.05, 4.69) is 52.5 Å². The van der Waals surface area contributed by atoms with E-state index in [1.54, 1.807) is 0 Å². The van der Waals surface area contributed by atoms with Crippen LogP contribution in [0.1, 0.15) is 35.7 Å². The SMILES string of the molecule is Cc1ccc(CNC(=O)CN2CCC(c3nc4ccccc4[nH]3)CC2)cc1. The summed E-state index contributed by atoms with van der Waals surface area (Å²) in [4.78, 5) is 22.7. The van der Waals surface area contributed by atoms with Gasteiger partial charge in [-0.2, -0.15) is 0 Å². The number of nitrogens with one attached hydrogen (secondary N) is 2. The molecule has 1 fully saturated rings. The molecule has 1 aromatic heterocycles. The van der Waals surface area contributed by atoms with Crippen LogP contribution in [0, 0.1) is 6.92 Å². The van der Waals surface area contributed by atoms with Gasteiger partial charge in [0.05, 0.1) is 17.6 Å². The van der Waals surface area contributed by atoms with E-state index in [-0.39, 0.29) is 5.91 Å². The summed E-state index contributed by atoms with van der Waals surface area (Å²) >= 11 is 0. The van der Waals surface area contributed by atoms with Gasteiger partial charge in [0.2, 0.25) is 5.91 Å². The van der Waals surface area contributed by atoms with Gasteiger partial charge in [0.25, 0.3) is 0 Å². The summed E-state index contributed by atoms with van der Waals surface area (Å²) < 4.78 is 0. The number of hydrogen-bond acceptors (Lipinski definition) is 3. The second-order valence-corrected chi connectivity index (χ2v) is 7.45. The molecule has 2 aromatic carbocycles. The minimum absolute atomic E-state index is 0.0952. The molecule has 1 aliphatic heterocycles. The Hall–Kier alpha value is -2.66. The van der Waals surface area contributed by atoms with Gasteiger partial charge in [0.15, 0.2) is 0 Å². The highest BCUT2D eigenvalue weighted by molar-refractivity contribution is 5.78. The highest BCUT2D eigenvalue weighted by Crippen LogP contribution is 2.27. The maximum atomic E-state index is 12.2. The van der Waals surface area contributed by atoms with Gasteiger partial charge in [0, 0.05) is 12.5 Å². The van der Waals surface area contributed by atoms with Crippen molar-refractivity contribution in [2.45, 2.75) is 32.2 Å². The lowest BCUT2D eigenvalue weighted by molar-refractivity contribution is -0.122. The molecule has 1 amide bonds. The second-order valence-electron chi connectivity index (χ2n) is 7.45.